The normalized spacial score (nSPS) is 22.3. The molecule has 0 aromatic heterocycles. The highest BCUT2D eigenvalue weighted by Gasteiger charge is 2.46. The molecular formula is C16H31NO5Si. The summed E-state index contributed by atoms with van der Waals surface area (Å²) < 4.78 is 11.4. The van der Waals surface area contributed by atoms with Crippen molar-refractivity contribution in [1.82, 2.24) is 4.90 Å². The molecule has 1 saturated heterocycles. The summed E-state index contributed by atoms with van der Waals surface area (Å²) in [7, 11) is -2.00. The van der Waals surface area contributed by atoms with Gasteiger partial charge in [0.05, 0.1) is 12.7 Å². The number of carboxylic acid groups (broad SMARTS) is 1. The summed E-state index contributed by atoms with van der Waals surface area (Å²) in [4.78, 5) is 24.9. The Hall–Kier alpha value is -1.08. The van der Waals surface area contributed by atoms with E-state index in [0.717, 1.165) is 12.8 Å². The van der Waals surface area contributed by atoms with Crippen molar-refractivity contribution >= 4 is 20.4 Å². The van der Waals surface area contributed by atoms with Gasteiger partial charge < -0.3 is 14.3 Å². The maximum absolute atomic E-state index is 12.1. The third-order valence-corrected chi connectivity index (χ3v) is 9.31. The highest BCUT2D eigenvalue weighted by Crippen LogP contribution is 2.39. The number of hydrogen-bond donors (Lipinski definition) is 1. The summed E-state index contributed by atoms with van der Waals surface area (Å²) in [5, 5.41) is 9.43. The number of amides is 1. The summed E-state index contributed by atoms with van der Waals surface area (Å²) in [6.07, 6.45) is 1.24. The van der Waals surface area contributed by atoms with E-state index in [1.807, 2.05) is 6.92 Å². The van der Waals surface area contributed by atoms with E-state index in [1.165, 1.54) is 4.90 Å². The van der Waals surface area contributed by atoms with Gasteiger partial charge in [0, 0.05) is 13.0 Å². The first-order chi connectivity index (χ1) is 10.5. The van der Waals surface area contributed by atoms with E-state index in [9.17, 15) is 14.7 Å². The zero-order valence-electron chi connectivity index (χ0n) is 15.2. The molecule has 0 radical (unpaired) electrons. The third kappa shape index (κ3) is 5.21. The Morgan fingerprint density at radius 1 is 1.30 bits per heavy atom. The van der Waals surface area contributed by atoms with E-state index in [1.54, 1.807) is 0 Å². The second-order valence-corrected chi connectivity index (χ2v) is 12.5. The molecule has 0 aromatic rings. The molecule has 6 nitrogen and oxygen atoms in total. The van der Waals surface area contributed by atoms with E-state index in [2.05, 4.69) is 33.9 Å². The number of ether oxygens (including phenoxy) is 1. The Balaban J connectivity index is 2.74. The van der Waals surface area contributed by atoms with Gasteiger partial charge in [0.2, 0.25) is 0 Å². The number of aliphatic carboxylic acids is 1. The molecule has 1 aliphatic heterocycles. The minimum absolute atomic E-state index is 0.0424. The smallest absolute Gasteiger partial charge is 0.410 e. The van der Waals surface area contributed by atoms with Gasteiger partial charge in [-0.1, -0.05) is 34.1 Å². The summed E-state index contributed by atoms with van der Waals surface area (Å²) in [5.74, 6) is -1.00. The largest absolute Gasteiger partial charge is 0.480 e. The maximum Gasteiger partial charge on any atom is 0.410 e. The van der Waals surface area contributed by atoms with E-state index < -0.39 is 26.4 Å². The SMILES string of the molecule is CCCCOC(=O)N1CC(O[Si](C)(C)C(C)(C)C)CC1C(=O)O. The summed E-state index contributed by atoms with van der Waals surface area (Å²) in [5.41, 5.74) is 0. The first-order valence-corrected chi connectivity index (χ1v) is 11.2. The van der Waals surface area contributed by atoms with Crippen molar-refractivity contribution in [2.45, 2.75) is 77.2 Å². The molecule has 0 spiro atoms. The lowest BCUT2D eigenvalue weighted by molar-refractivity contribution is -0.141. The van der Waals surface area contributed by atoms with Crippen LogP contribution in [0.15, 0.2) is 0 Å². The highest BCUT2D eigenvalue weighted by atomic mass is 28.4. The quantitative estimate of drug-likeness (QED) is 0.589. The molecule has 23 heavy (non-hydrogen) atoms. The molecule has 0 saturated carbocycles. The first kappa shape index (κ1) is 20.0. The molecule has 1 aliphatic rings. The van der Waals surface area contributed by atoms with Crippen molar-refractivity contribution in [3.05, 3.63) is 0 Å². The number of nitrogens with zero attached hydrogens (tertiary/aromatic N) is 1. The van der Waals surface area contributed by atoms with Crippen LogP contribution in [0.1, 0.15) is 47.0 Å². The van der Waals surface area contributed by atoms with Crippen LogP contribution >= 0.6 is 0 Å². The van der Waals surface area contributed by atoms with Crippen molar-refractivity contribution in [3.8, 4) is 0 Å². The van der Waals surface area contributed by atoms with Crippen LogP contribution in [0.2, 0.25) is 18.1 Å². The van der Waals surface area contributed by atoms with Crippen molar-refractivity contribution < 1.29 is 23.9 Å². The fourth-order valence-electron chi connectivity index (χ4n) is 2.30. The predicted octanol–water partition coefficient (Wildman–Crippen LogP) is 3.47. The van der Waals surface area contributed by atoms with Gasteiger partial charge in [-0.05, 0) is 24.6 Å². The fraction of sp³-hybridized carbons (Fsp3) is 0.875. The lowest BCUT2D eigenvalue weighted by atomic mass is 10.2. The molecule has 1 heterocycles. The van der Waals surface area contributed by atoms with E-state index >= 15 is 0 Å². The zero-order valence-corrected chi connectivity index (χ0v) is 16.2. The van der Waals surface area contributed by atoms with Crippen LogP contribution in [0, 0.1) is 0 Å². The number of likely N-dealkylation sites (tertiary alicyclic amines) is 1. The third-order valence-electron chi connectivity index (χ3n) is 4.77. The fourth-order valence-corrected chi connectivity index (χ4v) is 3.66. The van der Waals surface area contributed by atoms with Crippen molar-refractivity contribution in [1.29, 1.82) is 0 Å². The molecular weight excluding hydrogens is 314 g/mol. The number of carboxylic acids is 1. The van der Waals surface area contributed by atoms with Crippen LogP contribution in [-0.4, -0.2) is 55.7 Å². The maximum atomic E-state index is 12.1. The summed E-state index contributed by atoms with van der Waals surface area (Å²) in [6, 6.07) is -0.862. The Kier molecular flexibility index (Phi) is 6.65. The van der Waals surface area contributed by atoms with Gasteiger partial charge >= 0.3 is 12.1 Å². The second kappa shape index (κ2) is 7.66. The Morgan fingerprint density at radius 3 is 2.39 bits per heavy atom. The van der Waals surface area contributed by atoms with E-state index in [4.69, 9.17) is 9.16 Å². The number of unbranched alkanes of at least 4 members (excludes halogenated alkanes) is 1. The molecule has 0 aromatic carbocycles. The number of rotatable bonds is 6. The molecule has 0 aliphatic carbocycles. The average molecular weight is 346 g/mol. The first-order valence-electron chi connectivity index (χ1n) is 8.33. The molecule has 1 rings (SSSR count). The van der Waals surface area contributed by atoms with E-state index in [-0.39, 0.29) is 17.7 Å². The Bertz CT molecular complexity index is 433. The number of carbonyl (C=O) groups is 2. The Labute approximate surface area is 140 Å². The molecule has 1 amide bonds. The summed E-state index contributed by atoms with van der Waals surface area (Å²) in [6.45, 7) is 13.3. The predicted molar refractivity (Wildman–Crippen MR) is 91.1 cm³/mol. The molecule has 134 valence electrons. The van der Waals surface area contributed by atoms with E-state index in [0.29, 0.717) is 13.0 Å². The highest BCUT2D eigenvalue weighted by molar-refractivity contribution is 6.74. The van der Waals surface area contributed by atoms with Crippen LogP contribution in [0.3, 0.4) is 0 Å². The molecule has 1 N–H and O–H groups in total. The van der Waals surface area contributed by atoms with Crippen LogP contribution in [0.25, 0.3) is 0 Å². The molecule has 2 unspecified atom stereocenters. The number of carbonyl (C=O) groups excluding carboxylic acids is 1. The lowest BCUT2D eigenvalue weighted by Gasteiger charge is -2.38. The topological polar surface area (TPSA) is 76.1 Å². The van der Waals surface area contributed by atoms with Gasteiger partial charge in [-0.3, -0.25) is 4.90 Å². The minimum atomic E-state index is -2.00. The zero-order chi connectivity index (χ0) is 17.8. The Morgan fingerprint density at radius 2 is 1.91 bits per heavy atom. The van der Waals surface area contributed by atoms with Gasteiger partial charge in [-0.25, -0.2) is 9.59 Å². The van der Waals surface area contributed by atoms with Gasteiger partial charge in [0.1, 0.15) is 6.04 Å². The van der Waals surface area contributed by atoms with Crippen LogP contribution in [-0.2, 0) is 14.0 Å². The minimum Gasteiger partial charge on any atom is -0.480 e. The number of hydrogen-bond acceptors (Lipinski definition) is 4. The molecule has 7 heteroatoms. The van der Waals surface area contributed by atoms with Crippen molar-refractivity contribution in [2.75, 3.05) is 13.2 Å². The van der Waals surface area contributed by atoms with Crippen molar-refractivity contribution in [2.24, 2.45) is 0 Å². The molecule has 2 atom stereocenters. The van der Waals surface area contributed by atoms with Gasteiger partial charge in [-0.2, -0.15) is 0 Å². The standard InChI is InChI=1S/C16H31NO5Si/c1-7-8-9-21-15(20)17-11-12(10-13(17)14(18)19)22-23(5,6)16(2,3)4/h12-13H,7-11H2,1-6H3,(H,18,19). The van der Waals surface area contributed by atoms with Gasteiger partial charge in [0.25, 0.3) is 0 Å². The van der Waals surface area contributed by atoms with Crippen molar-refractivity contribution in [3.63, 3.8) is 0 Å². The average Bonchev–Trinajstić information content (AvgIpc) is 2.81. The van der Waals surface area contributed by atoms with Gasteiger partial charge in [0.15, 0.2) is 8.32 Å². The van der Waals surface area contributed by atoms with Crippen LogP contribution in [0.4, 0.5) is 4.79 Å². The lowest BCUT2D eigenvalue weighted by Crippen LogP contribution is -2.45. The monoisotopic (exact) mass is 345 g/mol. The second-order valence-electron chi connectivity index (χ2n) is 7.71. The molecule has 0 bridgehead atoms. The summed E-state index contributed by atoms with van der Waals surface area (Å²) >= 11 is 0. The molecule has 1 fully saturated rings. The van der Waals surface area contributed by atoms with Crippen LogP contribution < -0.4 is 0 Å². The van der Waals surface area contributed by atoms with Gasteiger partial charge in [-0.15, -0.1) is 0 Å². The van der Waals surface area contributed by atoms with Crippen LogP contribution in [0.5, 0.6) is 0 Å².